The second kappa shape index (κ2) is 6.30. The fraction of sp³-hybridized carbons (Fsp3) is 0.471. The van der Waals surface area contributed by atoms with Gasteiger partial charge in [0.2, 0.25) is 0 Å². The van der Waals surface area contributed by atoms with Crippen LogP contribution in [0.3, 0.4) is 0 Å². The van der Waals surface area contributed by atoms with Crippen molar-refractivity contribution in [1.29, 1.82) is 0 Å². The first-order valence-corrected chi connectivity index (χ1v) is 7.90. The molecule has 1 amide bonds. The maximum absolute atomic E-state index is 12.6. The molecule has 0 aliphatic heterocycles. The van der Waals surface area contributed by atoms with Crippen LogP contribution in [-0.4, -0.2) is 38.9 Å². The Kier molecular flexibility index (Phi) is 4.22. The number of hydrogen-bond donors (Lipinski definition) is 0. The SMILES string of the molecule is CC1CCC(N(C)C(=O)c2cnn(-c3ccccc3)n2)CC1. The van der Waals surface area contributed by atoms with E-state index < -0.39 is 0 Å². The predicted molar refractivity (Wildman–Crippen MR) is 84.9 cm³/mol. The van der Waals surface area contributed by atoms with Crippen LogP contribution in [0, 0.1) is 5.92 Å². The van der Waals surface area contributed by atoms with Crippen molar-refractivity contribution in [2.45, 2.75) is 38.6 Å². The normalized spacial score (nSPS) is 21.5. The van der Waals surface area contributed by atoms with E-state index in [1.54, 1.807) is 6.20 Å². The molecule has 116 valence electrons. The molecule has 22 heavy (non-hydrogen) atoms. The summed E-state index contributed by atoms with van der Waals surface area (Å²) in [5, 5.41) is 8.53. The van der Waals surface area contributed by atoms with Gasteiger partial charge in [0.25, 0.3) is 5.91 Å². The number of carbonyl (C=O) groups is 1. The van der Waals surface area contributed by atoms with Crippen molar-refractivity contribution in [3.63, 3.8) is 0 Å². The van der Waals surface area contributed by atoms with Crippen LogP contribution in [0.15, 0.2) is 36.5 Å². The number of hydrogen-bond acceptors (Lipinski definition) is 3. The molecular weight excluding hydrogens is 276 g/mol. The second-order valence-corrected chi connectivity index (χ2v) is 6.18. The summed E-state index contributed by atoms with van der Waals surface area (Å²) in [5.41, 5.74) is 1.26. The lowest BCUT2D eigenvalue weighted by Crippen LogP contribution is -2.39. The fourth-order valence-corrected chi connectivity index (χ4v) is 3.02. The van der Waals surface area contributed by atoms with Gasteiger partial charge in [0.05, 0.1) is 11.9 Å². The second-order valence-electron chi connectivity index (χ2n) is 6.18. The molecule has 0 radical (unpaired) electrons. The van der Waals surface area contributed by atoms with E-state index in [2.05, 4.69) is 17.1 Å². The zero-order valence-electron chi connectivity index (χ0n) is 13.1. The van der Waals surface area contributed by atoms with Gasteiger partial charge in [0, 0.05) is 13.1 Å². The number of nitrogens with zero attached hydrogens (tertiary/aromatic N) is 4. The van der Waals surface area contributed by atoms with Gasteiger partial charge in [-0.15, -0.1) is 5.10 Å². The molecule has 0 atom stereocenters. The first-order valence-electron chi connectivity index (χ1n) is 7.90. The Hall–Kier alpha value is -2.17. The van der Waals surface area contributed by atoms with Crippen molar-refractivity contribution in [2.24, 2.45) is 5.92 Å². The van der Waals surface area contributed by atoms with Crippen LogP contribution in [0.2, 0.25) is 0 Å². The summed E-state index contributed by atoms with van der Waals surface area (Å²) in [6.07, 6.45) is 6.10. The first-order chi connectivity index (χ1) is 10.6. The van der Waals surface area contributed by atoms with E-state index in [4.69, 9.17) is 0 Å². The van der Waals surface area contributed by atoms with E-state index in [-0.39, 0.29) is 5.91 Å². The van der Waals surface area contributed by atoms with Crippen LogP contribution in [0.4, 0.5) is 0 Å². The minimum Gasteiger partial charge on any atom is -0.337 e. The molecular formula is C17H22N4O. The summed E-state index contributed by atoms with van der Waals surface area (Å²) in [5.74, 6) is 0.737. The molecule has 1 aliphatic rings. The molecule has 1 aromatic carbocycles. The van der Waals surface area contributed by atoms with Gasteiger partial charge < -0.3 is 4.90 Å². The van der Waals surface area contributed by atoms with Crippen molar-refractivity contribution in [3.05, 3.63) is 42.2 Å². The van der Waals surface area contributed by atoms with Crippen LogP contribution in [0.1, 0.15) is 43.1 Å². The van der Waals surface area contributed by atoms with Crippen molar-refractivity contribution in [1.82, 2.24) is 19.9 Å². The summed E-state index contributed by atoms with van der Waals surface area (Å²) in [6.45, 7) is 2.28. The maximum atomic E-state index is 12.6. The van der Waals surface area contributed by atoms with E-state index in [0.717, 1.165) is 24.4 Å². The topological polar surface area (TPSA) is 51.0 Å². The molecule has 0 unspecified atom stereocenters. The van der Waals surface area contributed by atoms with Gasteiger partial charge in [0.15, 0.2) is 5.69 Å². The molecule has 3 rings (SSSR count). The van der Waals surface area contributed by atoms with Gasteiger partial charge in [-0.2, -0.15) is 9.90 Å². The van der Waals surface area contributed by atoms with Gasteiger partial charge in [-0.05, 0) is 43.7 Å². The lowest BCUT2D eigenvalue weighted by atomic mass is 9.87. The number of para-hydroxylation sites is 1. The molecule has 0 spiro atoms. The Labute approximate surface area is 130 Å². The van der Waals surface area contributed by atoms with Gasteiger partial charge in [-0.25, -0.2) is 0 Å². The van der Waals surface area contributed by atoms with Crippen molar-refractivity contribution < 1.29 is 4.79 Å². The first kappa shape index (κ1) is 14.8. The minimum absolute atomic E-state index is 0.0401. The van der Waals surface area contributed by atoms with Gasteiger partial charge in [-0.1, -0.05) is 25.1 Å². The van der Waals surface area contributed by atoms with E-state index in [1.165, 1.54) is 17.6 Å². The number of rotatable bonds is 3. The maximum Gasteiger partial charge on any atom is 0.276 e. The average molecular weight is 298 g/mol. The highest BCUT2D eigenvalue weighted by Gasteiger charge is 2.26. The van der Waals surface area contributed by atoms with Crippen molar-refractivity contribution in [3.8, 4) is 5.69 Å². The lowest BCUT2D eigenvalue weighted by molar-refractivity contribution is 0.0673. The predicted octanol–water partition coefficient (Wildman–Crippen LogP) is 2.92. The van der Waals surface area contributed by atoms with Gasteiger partial charge >= 0.3 is 0 Å². The Morgan fingerprint density at radius 3 is 2.55 bits per heavy atom. The molecule has 0 N–H and O–H groups in total. The Bertz CT molecular complexity index is 629. The highest BCUT2D eigenvalue weighted by Crippen LogP contribution is 2.27. The standard InChI is InChI=1S/C17H22N4O/c1-13-8-10-14(11-9-13)20(2)17(22)16-12-18-21(19-16)15-6-4-3-5-7-15/h3-7,12-14H,8-11H2,1-2H3. The summed E-state index contributed by atoms with van der Waals surface area (Å²) < 4.78 is 0. The Morgan fingerprint density at radius 2 is 1.86 bits per heavy atom. The van der Waals surface area contributed by atoms with Crippen molar-refractivity contribution >= 4 is 5.91 Å². The van der Waals surface area contributed by atoms with Crippen LogP contribution in [0.5, 0.6) is 0 Å². The minimum atomic E-state index is -0.0401. The van der Waals surface area contributed by atoms with Crippen LogP contribution in [-0.2, 0) is 0 Å². The molecule has 0 saturated heterocycles. The van der Waals surface area contributed by atoms with Crippen LogP contribution in [0.25, 0.3) is 5.69 Å². The third kappa shape index (κ3) is 3.03. The molecule has 5 heteroatoms. The fourth-order valence-electron chi connectivity index (χ4n) is 3.02. The Morgan fingerprint density at radius 1 is 1.18 bits per heavy atom. The molecule has 1 saturated carbocycles. The van der Waals surface area contributed by atoms with Gasteiger partial charge in [-0.3, -0.25) is 4.79 Å². The van der Waals surface area contributed by atoms with Crippen molar-refractivity contribution in [2.75, 3.05) is 7.05 Å². The highest BCUT2D eigenvalue weighted by atomic mass is 16.2. The zero-order chi connectivity index (χ0) is 15.5. The summed E-state index contributed by atoms with van der Waals surface area (Å²) >= 11 is 0. The van der Waals surface area contributed by atoms with E-state index in [0.29, 0.717) is 11.7 Å². The molecule has 1 aliphatic carbocycles. The molecule has 5 nitrogen and oxygen atoms in total. The van der Waals surface area contributed by atoms with E-state index in [1.807, 2.05) is 42.3 Å². The molecule has 1 aromatic heterocycles. The smallest absolute Gasteiger partial charge is 0.276 e. The monoisotopic (exact) mass is 298 g/mol. The largest absolute Gasteiger partial charge is 0.337 e. The average Bonchev–Trinajstić information content (AvgIpc) is 3.05. The number of carbonyl (C=O) groups excluding carboxylic acids is 1. The third-order valence-electron chi connectivity index (χ3n) is 4.55. The Balaban J connectivity index is 1.71. The molecule has 2 aromatic rings. The van der Waals surface area contributed by atoms with Crippen LogP contribution >= 0.6 is 0 Å². The quantitative estimate of drug-likeness (QED) is 0.875. The number of aromatic nitrogens is 3. The van der Waals surface area contributed by atoms with E-state index >= 15 is 0 Å². The molecule has 1 fully saturated rings. The third-order valence-corrected chi connectivity index (χ3v) is 4.55. The molecule has 0 bridgehead atoms. The lowest BCUT2D eigenvalue weighted by Gasteiger charge is -2.33. The number of benzene rings is 1. The zero-order valence-corrected chi connectivity index (χ0v) is 13.1. The van der Waals surface area contributed by atoms with Gasteiger partial charge in [0.1, 0.15) is 0 Å². The highest BCUT2D eigenvalue weighted by molar-refractivity contribution is 5.92. The molecule has 1 heterocycles. The summed E-state index contributed by atoms with van der Waals surface area (Å²) in [7, 11) is 1.88. The summed E-state index contributed by atoms with van der Waals surface area (Å²) in [6, 6.07) is 9.95. The van der Waals surface area contributed by atoms with Crippen LogP contribution < -0.4 is 0 Å². The summed E-state index contributed by atoms with van der Waals surface area (Å²) in [4.78, 5) is 15.9. The van der Waals surface area contributed by atoms with E-state index in [9.17, 15) is 4.79 Å². The number of amides is 1.